The van der Waals surface area contributed by atoms with E-state index in [-0.39, 0.29) is 12.1 Å². The van der Waals surface area contributed by atoms with Gasteiger partial charge in [0.05, 0.1) is 0 Å². The molecule has 0 aliphatic heterocycles. The molecule has 0 unspecified atom stereocenters. The van der Waals surface area contributed by atoms with E-state index in [1.165, 1.54) is 44.9 Å². The summed E-state index contributed by atoms with van der Waals surface area (Å²) in [7, 11) is 0. The maximum absolute atomic E-state index is 11.3. The molecule has 0 bridgehead atoms. The average molecular weight is 284 g/mol. The van der Waals surface area contributed by atoms with Crippen LogP contribution in [0.4, 0.5) is 0 Å². The van der Waals surface area contributed by atoms with Crippen LogP contribution in [0.2, 0.25) is 0 Å². The van der Waals surface area contributed by atoms with Crippen LogP contribution in [-0.4, -0.2) is 12.1 Å². The summed E-state index contributed by atoms with van der Waals surface area (Å²) in [4.78, 5) is 11.3. The molecule has 0 amide bonds. The minimum atomic E-state index is -0.0753. The zero-order valence-corrected chi connectivity index (χ0v) is 14.4. The smallest absolute Gasteiger partial charge is 0.305 e. The lowest BCUT2D eigenvalue weighted by Crippen LogP contribution is -2.21. The van der Waals surface area contributed by atoms with Gasteiger partial charge in [-0.3, -0.25) is 4.79 Å². The van der Waals surface area contributed by atoms with Crippen LogP contribution in [0.25, 0.3) is 0 Å². The Morgan fingerprint density at radius 2 is 1.55 bits per heavy atom. The Labute approximate surface area is 126 Å². The molecule has 0 N–H and O–H groups in total. The minimum absolute atomic E-state index is 0.0577. The molecule has 0 heterocycles. The van der Waals surface area contributed by atoms with Gasteiger partial charge in [0.25, 0.3) is 0 Å². The largest absolute Gasteiger partial charge is 0.462 e. The van der Waals surface area contributed by atoms with E-state index in [2.05, 4.69) is 20.8 Å². The highest BCUT2D eigenvalue weighted by Gasteiger charge is 2.16. The number of esters is 1. The molecule has 0 saturated heterocycles. The first kappa shape index (κ1) is 19.5. The predicted molar refractivity (Wildman–Crippen MR) is 86.8 cm³/mol. The topological polar surface area (TPSA) is 26.3 Å². The standard InChI is InChI=1S/C18H36O2/c1-6-8-9-10-12-15(3)13-11-14-16(4)17(5)20-18(19)7-2/h15-17H,6-14H2,1-5H3/t15-,16-,17-/m1/s1. The predicted octanol–water partition coefficient (Wildman–Crippen LogP) is 5.74. The molecule has 2 heteroatoms. The number of hydrogen-bond donors (Lipinski definition) is 0. The molecule has 0 saturated carbocycles. The van der Waals surface area contributed by atoms with Crippen molar-refractivity contribution in [2.24, 2.45) is 11.8 Å². The van der Waals surface area contributed by atoms with E-state index in [0.717, 1.165) is 12.3 Å². The van der Waals surface area contributed by atoms with Crippen LogP contribution in [-0.2, 0) is 9.53 Å². The van der Waals surface area contributed by atoms with Gasteiger partial charge in [0.2, 0.25) is 0 Å². The van der Waals surface area contributed by atoms with Gasteiger partial charge in [-0.2, -0.15) is 0 Å². The number of hydrogen-bond acceptors (Lipinski definition) is 2. The number of ether oxygens (including phenoxy) is 1. The summed E-state index contributed by atoms with van der Waals surface area (Å²) in [5.74, 6) is 1.24. The van der Waals surface area contributed by atoms with Crippen molar-refractivity contribution in [3.63, 3.8) is 0 Å². The molecule has 0 rings (SSSR count). The highest BCUT2D eigenvalue weighted by atomic mass is 16.5. The Kier molecular flexibility index (Phi) is 11.9. The Bertz CT molecular complexity index is 238. The van der Waals surface area contributed by atoms with Crippen LogP contribution in [0.15, 0.2) is 0 Å². The Hall–Kier alpha value is -0.530. The highest BCUT2D eigenvalue weighted by molar-refractivity contribution is 5.69. The summed E-state index contributed by atoms with van der Waals surface area (Å²) in [5.41, 5.74) is 0. The van der Waals surface area contributed by atoms with Gasteiger partial charge in [-0.05, 0) is 25.2 Å². The quantitative estimate of drug-likeness (QED) is 0.337. The van der Waals surface area contributed by atoms with E-state index in [4.69, 9.17) is 4.74 Å². The average Bonchev–Trinajstić information content (AvgIpc) is 2.43. The van der Waals surface area contributed by atoms with E-state index in [9.17, 15) is 4.79 Å². The molecule has 0 aromatic carbocycles. The molecule has 0 aromatic heterocycles. The zero-order valence-electron chi connectivity index (χ0n) is 14.4. The first-order valence-electron chi connectivity index (χ1n) is 8.70. The van der Waals surface area contributed by atoms with Crippen molar-refractivity contribution in [3.05, 3.63) is 0 Å². The summed E-state index contributed by atoms with van der Waals surface area (Å²) in [5, 5.41) is 0. The molecular weight excluding hydrogens is 248 g/mol. The first-order valence-corrected chi connectivity index (χ1v) is 8.70. The number of rotatable bonds is 12. The third-order valence-corrected chi connectivity index (χ3v) is 4.31. The van der Waals surface area contributed by atoms with Crippen LogP contribution in [0.1, 0.15) is 92.4 Å². The normalized spacial score (nSPS) is 15.7. The van der Waals surface area contributed by atoms with Crippen molar-refractivity contribution < 1.29 is 9.53 Å². The van der Waals surface area contributed by atoms with Crippen molar-refractivity contribution in [1.82, 2.24) is 0 Å². The van der Waals surface area contributed by atoms with E-state index in [1.807, 2.05) is 13.8 Å². The van der Waals surface area contributed by atoms with Crippen molar-refractivity contribution >= 4 is 5.97 Å². The fraction of sp³-hybridized carbons (Fsp3) is 0.944. The van der Waals surface area contributed by atoms with E-state index < -0.39 is 0 Å². The van der Waals surface area contributed by atoms with Crippen LogP contribution in [0.5, 0.6) is 0 Å². The van der Waals surface area contributed by atoms with Gasteiger partial charge in [-0.15, -0.1) is 0 Å². The Morgan fingerprint density at radius 3 is 2.15 bits per heavy atom. The third kappa shape index (κ3) is 10.3. The van der Waals surface area contributed by atoms with Crippen LogP contribution in [0.3, 0.4) is 0 Å². The summed E-state index contributed by atoms with van der Waals surface area (Å²) in [6, 6.07) is 0. The monoisotopic (exact) mass is 284 g/mol. The van der Waals surface area contributed by atoms with Gasteiger partial charge in [0, 0.05) is 6.42 Å². The van der Waals surface area contributed by atoms with E-state index in [1.54, 1.807) is 0 Å². The van der Waals surface area contributed by atoms with Crippen molar-refractivity contribution in [3.8, 4) is 0 Å². The molecule has 0 aromatic rings. The Balaban J connectivity index is 3.63. The number of unbranched alkanes of at least 4 members (excludes halogenated alkanes) is 3. The van der Waals surface area contributed by atoms with Gasteiger partial charge in [-0.1, -0.05) is 72.6 Å². The molecule has 3 atom stereocenters. The van der Waals surface area contributed by atoms with E-state index in [0.29, 0.717) is 12.3 Å². The van der Waals surface area contributed by atoms with Gasteiger partial charge >= 0.3 is 5.97 Å². The third-order valence-electron chi connectivity index (χ3n) is 4.31. The van der Waals surface area contributed by atoms with Gasteiger partial charge in [0.15, 0.2) is 0 Å². The minimum Gasteiger partial charge on any atom is -0.462 e. The lowest BCUT2D eigenvalue weighted by atomic mass is 9.93. The maximum atomic E-state index is 11.3. The molecular formula is C18H36O2. The van der Waals surface area contributed by atoms with E-state index >= 15 is 0 Å². The molecule has 2 nitrogen and oxygen atoms in total. The molecule has 0 spiro atoms. The molecule has 120 valence electrons. The van der Waals surface area contributed by atoms with Crippen molar-refractivity contribution in [1.29, 1.82) is 0 Å². The summed E-state index contributed by atoms with van der Waals surface area (Å²) < 4.78 is 5.37. The molecule has 0 fully saturated rings. The highest BCUT2D eigenvalue weighted by Crippen LogP contribution is 2.21. The van der Waals surface area contributed by atoms with Crippen LogP contribution >= 0.6 is 0 Å². The Morgan fingerprint density at radius 1 is 0.900 bits per heavy atom. The molecule has 0 aliphatic carbocycles. The lowest BCUT2D eigenvalue weighted by molar-refractivity contribution is -0.150. The van der Waals surface area contributed by atoms with Gasteiger partial charge in [0.1, 0.15) is 6.10 Å². The van der Waals surface area contributed by atoms with Gasteiger partial charge in [-0.25, -0.2) is 0 Å². The van der Waals surface area contributed by atoms with Crippen LogP contribution in [0, 0.1) is 11.8 Å². The second-order valence-electron chi connectivity index (χ2n) is 6.41. The fourth-order valence-corrected chi connectivity index (χ4v) is 2.49. The molecule has 0 radical (unpaired) electrons. The second kappa shape index (κ2) is 12.2. The fourth-order valence-electron chi connectivity index (χ4n) is 2.49. The van der Waals surface area contributed by atoms with Crippen LogP contribution < -0.4 is 0 Å². The second-order valence-corrected chi connectivity index (χ2v) is 6.41. The zero-order chi connectivity index (χ0) is 15.4. The summed E-state index contributed by atoms with van der Waals surface area (Å²) in [6.07, 6.45) is 11.1. The summed E-state index contributed by atoms with van der Waals surface area (Å²) in [6.45, 7) is 10.7. The SMILES string of the molecule is CCCCCC[C@@H](C)CCC[C@@H](C)[C@@H](C)OC(=O)CC. The summed E-state index contributed by atoms with van der Waals surface area (Å²) >= 11 is 0. The van der Waals surface area contributed by atoms with Gasteiger partial charge < -0.3 is 4.74 Å². The maximum Gasteiger partial charge on any atom is 0.305 e. The first-order chi connectivity index (χ1) is 9.51. The van der Waals surface area contributed by atoms with Crippen molar-refractivity contribution in [2.45, 2.75) is 98.5 Å². The lowest BCUT2D eigenvalue weighted by Gasteiger charge is -2.21. The number of carbonyl (C=O) groups excluding carboxylic acids is 1. The molecule has 20 heavy (non-hydrogen) atoms. The number of carbonyl (C=O) groups is 1. The van der Waals surface area contributed by atoms with Crippen molar-refractivity contribution in [2.75, 3.05) is 0 Å². The molecule has 0 aliphatic rings.